The molecule has 1 aliphatic carbocycles. The summed E-state index contributed by atoms with van der Waals surface area (Å²) < 4.78 is 13.0. The van der Waals surface area contributed by atoms with Crippen molar-refractivity contribution in [1.82, 2.24) is 4.90 Å². The first-order valence-electron chi connectivity index (χ1n) is 6.01. The fourth-order valence-corrected chi connectivity index (χ4v) is 3.02. The molecule has 2 aliphatic rings. The molecular formula is C13H15FN2O. The number of amides is 1. The molecule has 17 heavy (non-hydrogen) atoms. The first-order chi connectivity index (χ1) is 8.15. The molecule has 2 fully saturated rings. The average Bonchev–Trinajstić information content (AvgIpc) is 2.93. The summed E-state index contributed by atoms with van der Waals surface area (Å²) >= 11 is 0. The number of carbonyl (C=O) groups is 1. The average molecular weight is 234 g/mol. The smallest absolute Gasteiger partial charge is 0.254 e. The Bertz CT molecular complexity index is 474. The third kappa shape index (κ3) is 1.68. The van der Waals surface area contributed by atoms with E-state index in [1.165, 1.54) is 24.6 Å². The van der Waals surface area contributed by atoms with Crippen LogP contribution in [0.25, 0.3) is 0 Å². The molecule has 0 spiro atoms. The Kier molecular flexibility index (Phi) is 2.31. The Labute approximate surface area is 99.4 Å². The van der Waals surface area contributed by atoms with Crippen molar-refractivity contribution < 1.29 is 9.18 Å². The SMILES string of the molecule is Nc1cc(C(=O)N2CC3CCC2C3)ccc1F. The fourth-order valence-electron chi connectivity index (χ4n) is 3.02. The predicted molar refractivity (Wildman–Crippen MR) is 63.0 cm³/mol. The number of nitrogens with zero attached hydrogens (tertiary/aromatic N) is 1. The topological polar surface area (TPSA) is 46.3 Å². The van der Waals surface area contributed by atoms with Gasteiger partial charge in [0, 0.05) is 18.2 Å². The van der Waals surface area contributed by atoms with Gasteiger partial charge in [-0.2, -0.15) is 0 Å². The maximum atomic E-state index is 13.0. The second kappa shape index (κ2) is 3.72. The van der Waals surface area contributed by atoms with Crippen LogP contribution in [0.15, 0.2) is 18.2 Å². The van der Waals surface area contributed by atoms with Gasteiger partial charge < -0.3 is 10.6 Å². The van der Waals surface area contributed by atoms with Gasteiger partial charge in [-0.05, 0) is 43.4 Å². The normalized spacial score (nSPS) is 26.5. The lowest BCUT2D eigenvalue weighted by Gasteiger charge is -2.27. The molecule has 2 bridgehead atoms. The Morgan fingerprint density at radius 3 is 2.82 bits per heavy atom. The van der Waals surface area contributed by atoms with Crippen LogP contribution in [0, 0.1) is 11.7 Å². The van der Waals surface area contributed by atoms with Crippen molar-refractivity contribution in [3.63, 3.8) is 0 Å². The van der Waals surface area contributed by atoms with Gasteiger partial charge in [-0.15, -0.1) is 0 Å². The van der Waals surface area contributed by atoms with Crippen molar-refractivity contribution in [3.05, 3.63) is 29.6 Å². The second-order valence-electron chi connectivity index (χ2n) is 5.03. The summed E-state index contributed by atoms with van der Waals surface area (Å²) in [7, 11) is 0. The zero-order valence-corrected chi connectivity index (χ0v) is 9.53. The number of hydrogen-bond donors (Lipinski definition) is 1. The van der Waals surface area contributed by atoms with Crippen LogP contribution in [0.3, 0.4) is 0 Å². The lowest BCUT2D eigenvalue weighted by molar-refractivity contribution is 0.0703. The largest absolute Gasteiger partial charge is 0.396 e. The molecule has 1 saturated heterocycles. The van der Waals surface area contributed by atoms with Crippen molar-refractivity contribution in [2.45, 2.75) is 25.3 Å². The van der Waals surface area contributed by atoms with E-state index in [9.17, 15) is 9.18 Å². The Morgan fingerprint density at radius 1 is 1.41 bits per heavy atom. The second-order valence-corrected chi connectivity index (χ2v) is 5.03. The molecule has 3 nitrogen and oxygen atoms in total. The minimum Gasteiger partial charge on any atom is -0.396 e. The highest BCUT2D eigenvalue weighted by molar-refractivity contribution is 5.95. The van der Waals surface area contributed by atoms with Crippen LogP contribution in [0.4, 0.5) is 10.1 Å². The third-order valence-electron chi connectivity index (χ3n) is 3.91. The first kappa shape index (κ1) is 10.6. The van der Waals surface area contributed by atoms with E-state index in [4.69, 9.17) is 5.73 Å². The van der Waals surface area contributed by atoms with E-state index in [-0.39, 0.29) is 11.6 Å². The molecule has 90 valence electrons. The molecule has 1 amide bonds. The molecule has 0 radical (unpaired) electrons. The van der Waals surface area contributed by atoms with Gasteiger partial charge in [0.15, 0.2) is 0 Å². The van der Waals surface area contributed by atoms with Gasteiger partial charge >= 0.3 is 0 Å². The van der Waals surface area contributed by atoms with Crippen LogP contribution in [-0.4, -0.2) is 23.4 Å². The lowest BCUT2D eigenvalue weighted by atomic mass is 10.1. The Morgan fingerprint density at radius 2 is 2.24 bits per heavy atom. The van der Waals surface area contributed by atoms with Gasteiger partial charge in [0.2, 0.25) is 0 Å². The van der Waals surface area contributed by atoms with Gasteiger partial charge in [-0.1, -0.05) is 0 Å². The number of fused-ring (bicyclic) bond motifs is 2. The zero-order chi connectivity index (χ0) is 12.0. The lowest BCUT2D eigenvalue weighted by Crippen LogP contribution is -2.37. The van der Waals surface area contributed by atoms with Crippen molar-refractivity contribution in [2.24, 2.45) is 5.92 Å². The molecule has 2 unspecified atom stereocenters. The number of anilines is 1. The number of carbonyl (C=O) groups excluding carboxylic acids is 1. The van der Waals surface area contributed by atoms with Crippen LogP contribution in [-0.2, 0) is 0 Å². The van der Waals surface area contributed by atoms with Gasteiger partial charge in [0.25, 0.3) is 5.91 Å². The number of rotatable bonds is 1. The molecule has 1 heterocycles. The molecule has 2 atom stereocenters. The molecule has 0 aromatic heterocycles. The Balaban J connectivity index is 1.84. The molecule has 3 rings (SSSR count). The number of nitrogens with two attached hydrogens (primary N) is 1. The number of hydrogen-bond acceptors (Lipinski definition) is 2. The quantitative estimate of drug-likeness (QED) is 0.756. The van der Waals surface area contributed by atoms with Crippen LogP contribution >= 0.6 is 0 Å². The number of halogens is 1. The monoisotopic (exact) mass is 234 g/mol. The molecular weight excluding hydrogens is 219 g/mol. The number of piperidine rings is 1. The van der Waals surface area contributed by atoms with Crippen LogP contribution in [0.2, 0.25) is 0 Å². The van der Waals surface area contributed by atoms with Crippen LogP contribution < -0.4 is 5.73 Å². The van der Waals surface area contributed by atoms with E-state index in [0.717, 1.165) is 19.4 Å². The van der Waals surface area contributed by atoms with E-state index in [0.29, 0.717) is 17.5 Å². The van der Waals surface area contributed by atoms with Crippen molar-refractivity contribution in [1.29, 1.82) is 0 Å². The molecule has 1 aromatic rings. The van der Waals surface area contributed by atoms with E-state index in [2.05, 4.69) is 0 Å². The minimum absolute atomic E-state index is 0.0103. The Hall–Kier alpha value is -1.58. The van der Waals surface area contributed by atoms with E-state index in [1.807, 2.05) is 4.90 Å². The highest BCUT2D eigenvalue weighted by Gasteiger charge is 2.40. The summed E-state index contributed by atoms with van der Waals surface area (Å²) in [4.78, 5) is 14.2. The number of benzene rings is 1. The summed E-state index contributed by atoms with van der Waals surface area (Å²) in [6.45, 7) is 0.848. The van der Waals surface area contributed by atoms with Gasteiger partial charge in [0.05, 0.1) is 5.69 Å². The number of likely N-dealkylation sites (tertiary alicyclic amines) is 1. The maximum absolute atomic E-state index is 13.0. The zero-order valence-electron chi connectivity index (χ0n) is 9.53. The molecule has 2 N–H and O–H groups in total. The van der Waals surface area contributed by atoms with Gasteiger partial charge in [-0.3, -0.25) is 4.79 Å². The third-order valence-corrected chi connectivity index (χ3v) is 3.91. The van der Waals surface area contributed by atoms with Crippen molar-refractivity contribution in [2.75, 3.05) is 12.3 Å². The molecule has 1 saturated carbocycles. The molecule has 4 heteroatoms. The van der Waals surface area contributed by atoms with Gasteiger partial charge in [0.1, 0.15) is 5.82 Å². The van der Waals surface area contributed by atoms with Crippen molar-refractivity contribution >= 4 is 11.6 Å². The van der Waals surface area contributed by atoms with Crippen molar-refractivity contribution in [3.8, 4) is 0 Å². The maximum Gasteiger partial charge on any atom is 0.254 e. The molecule has 1 aliphatic heterocycles. The standard InChI is InChI=1S/C13H15FN2O/c14-11-4-2-9(6-12(11)15)13(17)16-7-8-1-3-10(16)5-8/h2,4,6,8,10H,1,3,5,7,15H2. The fraction of sp³-hybridized carbons (Fsp3) is 0.462. The van der Waals surface area contributed by atoms with E-state index >= 15 is 0 Å². The van der Waals surface area contributed by atoms with E-state index in [1.54, 1.807) is 0 Å². The predicted octanol–water partition coefficient (Wildman–Crippen LogP) is 2.03. The first-order valence-corrected chi connectivity index (χ1v) is 6.01. The van der Waals surface area contributed by atoms with Gasteiger partial charge in [-0.25, -0.2) is 4.39 Å². The van der Waals surface area contributed by atoms with Crippen LogP contribution in [0.1, 0.15) is 29.6 Å². The summed E-state index contributed by atoms with van der Waals surface area (Å²) in [5.41, 5.74) is 6.03. The highest BCUT2D eigenvalue weighted by Crippen LogP contribution is 2.38. The minimum atomic E-state index is -0.468. The van der Waals surface area contributed by atoms with Crippen LogP contribution in [0.5, 0.6) is 0 Å². The number of nitrogen functional groups attached to an aromatic ring is 1. The summed E-state index contributed by atoms with van der Waals surface area (Å²) in [6.07, 6.45) is 3.47. The summed E-state index contributed by atoms with van der Waals surface area (Å²) in [5, 5.41) is 0. The molecule has 1 aromatic carbocycles. The van der Waals surface area contributed by atoms with E-state index < -0.39 is 5.82 Å². The highest BCUT2D eigenvalue weighted by atomic mass is 19.1. The summed E-state index contributed by atoms with van der Waals surface area (Å²) in [5.74, 6) is 0.190. The summed E-state index contributed by atoms with van der Waals surface area (Å²) in [6, 6.07) is 4.60.